The number of hydrogen-bond acceptors (Lipinski definition) is 6. The van der Waals surface area contributed by atoms with Crippen LogP contribution in [0.4, 0.5) is 0 Å². The van der Waals surface area contributed by atoms with E-state index in [4.69, 9.17) is 14.2 Å². The normalized spacial score (nSPS) is 12.9. The molecule has 6 nitrogen and oxygen atoms in total. The van der Waals surface area contributed by atoms with Crippen LogP contribution in [0.25, 0.3) is 0 Å². The van der Waals surface area contributed by atoms with Gasteiger partial charge in [0.15, 0.2) is 6.10 Å². The molecule has 0 saturated carbocycles. The Bertz CT molecular complexity index is 1420. The van der Waals surface area contributed by atoms with Crippen LogP contribution in [0.2, 0.25) is 0 Å². The van der Waals surface area contributed by atoms with Gasteiger partial charge in [-0.05, 0) is 128 Å². The summed E-state index contributed by atoms with van der Waals surface area (Å²) in [5, 5.41) is 0. The molecule has 6 heteroatoms. The third kappa shape index (κ3) is 54.9. The van der Waals surface area contributed by atoms with E-state index in [1.165, 1.54) is 103 Å². The zero-order valence-electron chi connectivity index (χ0n) is 44.8. The predicted molar refractivity (Wildman–Crippen MR) is 297 cm³/mol. The van der Waals surface area contributed by atoms with Crippen molar-refractivity contribution >= 4 is 17.9 Å². The molecular weight excluding hydrogens is 853 g/mol. The fourth-order valence-electron chi connectivity index (χ4n) is 7.41. The molecule has 0 radical (unpaired) electrons. The van der Waals surface area contributed by atoms with E-state index < -0.39 is 6.10 Å². The van der Waals surface area contributed by atoms with Gasteiger partial charge in [-0.2, -0.15) is 0 Å². The van der Waals surface area contributed by atoms with Crippen LogP contribution in [-0.2, 0) is 28.6 Å². The number of hydrogen-bond donors (Lipinski definition) is 0. The van der Waals surface area contributed by atoms with Gasteiger partial charge in [0.1, 0.15) is 13.2 Å². The summed E-state index contributed by atoms with van der Waals surface area (Å²) >= 11 is 0. The average molecular weight is 958 g/mol. The van der Waals surface area contributed by atoms with Crippen molar-refractivity contribution in [3.8, 4) is 0 Å². The van der Waals surface area contributed by atoms with E-state index in [2.05, 4.69) is 130 Å². The molecule has 0 N–H and O–H groups in total. The Balaban J connectivity index is 4.54. The van der Waals surface area contributed by atoms with Crippen molar-refractivity contribution in [3.05, 3.63) is 109 Å². The monoisotopic (exact) mass is 957 g/mol. The van der Waals surface area contributed by atoms with Gasteiger partial charge in [0.25, 0.3) is 0 Å². The Labute approximate surface area is 425 Å². The lowest BCUT2D eigenvalue weighted by Crippen LogP contribution is -2.30. The maximum atomic E-state index is 12.8. The lowest BCUT2D eigenvalue weighted by atomic mass is 10.1. The molecule has 1 atom stereocenters. The molecule has 69 heavy (non-hydrogen) atoms. The molecule has 0 aromatic heterocycles. The molecule has 0 amide bonds. The van der Waals surface area contributed by atoms with Gasteiger partial charge in [-0.1, -0.05) is 214 Å². The number of ether oxygens (including phenoxy) is 3. The van der Waals surface area contributed by atoms with Crippen molar-refractivity contribution < 1.29 is 28.6 Å². The van der Waals surface area contributed by atoms with Gasteiger partial charge in [-0.15, -0.1) is 0 Å². The maximum Gasteiger partial charge on any atom is 0.306 e. The standard InChI is InChI=1S/C63H104O6/c1-4-7-10-13-16-19-22-25-28-31-34-37-40-43-46-49-52-55-61(64)67-58-60(69-63(66)57-54-51-48-45-42-39-36-33-30-27-24-21-18-15-12-9-6-3)59-68-62(65)56-53-50-47-44-41-38-35-32-29-26-23-20-17-14-11-8-5-2/h16-21,25-30,34,36-37,39,43,46,60H,4-15,22-24,31-33,35,38,40-42,44-45,47-59H2,1-3H3/b19-16+,20-17+,21-18+,28-25+,29-26+,30-27+,37-34+,39-36+,46-43+/t60-/m0/s1. The number of carbonyl (C=O) groups is 3. The van der Waals surface area contributed by atoms with E-state index in [1.807, 2.05) is 0 Å². The van der Waals surface area contributed by atoms with Crippen LogP contribution in [0.15, 0.2) is 109 Å². The van der Waals surface area contributed by atoms with Crippen LogP contribution in [0, 0.1) is 0 Å². The van der Waals surface area contributed by atoms with Gasteiger partial charge in [0, 0.05) is 19.3 Å². The van der Waals surface area contributed by atoms with Gasteiger partial charge in [0.2, 0.25) is 0 Å². The van der Waals surface area contributed by atoms with Gasteiger partial charge in [-0.3, -0.25) is 14.4 Å². The molecule has 0 aromatic carbocycles. The number of esters is 3. The van der Waals surface area contributed by atoms with E-state index in [0.29, 0.717) is 12.8 Å². The van der Waals surface area contributed by atoms with Crippen molar-refractivity contribution in [2.75, 3.05) is 13.2 Å². The van der Waals surface area contributed by atoms with Crippen molar-refractivity contribution in [2.24, 2.45) is 0 Å². The Morgan fingerprint density at radius 1 is 0.290 bits per heavy atom. The van der Waals surface area contributed by atoms with Crippen LogP contribution >= 0.6 is 0 Å². The summed E-state index contributed by atoms with van der Waals surface area (Å²) in [7, 11) is 0. The Kier molecular flexibility index (Phi) is 53.4. The van der Waals surface area contributed by atoms with Gasteiger partial charge in [0.05, 0.1) is 0 Å². The molecule has 0 rings (SSSR count). The van der Waals surface area contributed by atoms with Crippen molar-refractivity contribution in [1.82, 2.24) is 0 Å². The molecule has 0 heterocycles. The van der Waals surface area contributed by atoms with Crippen LogP contribution in [-0.4, -0.2) is 37.2 Å². The van der Waals surface area contributed by atoms with Crippen LogP contribution in [0.5, 0.6) is 0 Å². The largest absolute Gasteiger partial charge is 0.462 e. The highest BCUT2D eigenvalue weighted by atomic mass is 16.6. The molecule has 0 saturated heterocycles. The van der Waals surface area contributed by atoms with Gasteiger partial charge < -0.3 is 14.2 Å². The fraction of sp³-hybridized carbons (Fsp3) is 0.667. The quantitative estimate of drug-likeness (QED) is 0.0262. The average Bonchev–Trinajstić information content (AvgIpc) is 3.35. The summed E-state index contributed by atoms with van der Waals surface area (Å²) in [4.78, 5) is 38.1. The summed E-state index contributed by atoms with van der Waals surface area (Å²) in [5.41, 5.74) is 0. The third-order valence-corrected chi connectivity index (χ3v) is 11.7. The third-order valence-electron chi connectivity index (χ3n) is 11.7. The molecule has 0 spiro atoms. The summed E-state index contributed by atoms with van der Waals surface area (Å²) in [6.45, 7) is 6.48. The number of carbonyl (C=O) groups excluding carboxylic acids is 3. The van der Waals surface area contributed by atoms with Gasteiger partial charge in [-0.25, -0.2) is 0 Å². The van der Waals surface area contributed by atoms with E-state index >= 15 is 0 Å². The second kappa shape index (κ2) is 56.7. The highest BCUT2D eigenvalue weighted by molar-refractivity contribution is 5.71. The second-order valence-electron chi connectivity index (χ2n) is 18.5. The first-order valence-corrected chi connectivity index (χ1v) is 28.4. The number of unbranched alkanes of at least 4 members (excludes halogenated alkanes) is 21. The molecule has 0 aliphatic carbocycles. The minimum atomic E-state index is -0.818. The predicted octanol–water partition coefficient (Wildman–Crippen LogP) is 19.1. The van der Waals surface area contributed by atoms with Crippen molar-refractivity contribution in [1.29, 1.82) is 0 Å². The first-order valence-electron chi connectivity index (χ1n) is 28.4. The summed E-state index contributed by atoms with van der Waals surface area (Å²) < 4.78 is 16.8. The molecular formula is C63H104O6. The molecule has 0 aliphatic heterocycles. The summed E-state index contributed by atoms with van der Waals surface area (Å²) in [6, 6.07) is 0. The zero-order chi connectivity index (χ0) is 50.0. The topological polar surface area (TPSA) is 78.9 Å². The minimum Gasteiger partial charge on any atom is -0.462 e. The summed E-state index contributed by atoms with van der Waals surface area (Å²) in [6.07, 6.45) is 76.4. The molecule has 0 bridgehead atoms. The Morgan fingerprint density at radius 2 is 0.536 bits per heavy atom. The molecule has 392 valence electrons. The lowest BCUT2D eigenvalue weighted by Gasteiger charge is -2.18. The zero-order valence-corrected chi connectivity index (χ0v) is 44.8. The van der Waals surface area contributed by atoms with Crippen LogP contribution in [0.1, 0.15) is 252 Å². The Morgan fingerprint density at radius 3 is 0.870 bits per heavy atom. The van der Waals surface area contributed by atoms with Crippen molar-refractivity contribution in [3.63, 3.8) is 0 Å². The minimum absolute atomic E-state index is 0.110. The molecule has 0 unspecified atom stereocenters. The Hall–Kier alpha value is -3.93. The first kappa shape index (κ1) is 65.1. The molecule has 0 aliphatic rings. The highest BCUT2D eigenvalue weighted by Gasteiger charge is 2.19. The highest BCUT2D eigenvalue weighted by Crippen LogP contribution is 2.13. The van der Waals surface area contributed by atoms with Crippen LogP contribution in [0.3, 0.4) is 0 Å². The maximum absolute atomic E-state index is 12.8. The number of allylic oxidation sites excluding steroid dienone is 18. The first-order chi connectivity index (χ1) is 34.0. The van der Waals surface area contributed by atoms with E-state index in [9.17, 15) is 14.4 Å². The lowest BCUT2D eigenvalue weighted by molar-refractivity contribution is -0.167. The SMILES string of the molecule is CCCCC/C=C/C/C=C/C/C=C/C/C=C/CCCC(=O)OC[C@@H](COC(=O)CCCCCCCCC/C=C/C/C=C/CCCCC)OC(=O)CCCCCC/C=C/C/C=C/C/C=C/CCCCC. The number of rotatable bonds is 50. The summed E-state index contributed by atoms with van der Waals surface area (Å²) in [5.74, 6) is -0.998. The molecule has 0 aromatic rings. The van der Waals surface area contributed by atoms with Crippen molar-refractivity contribution in [2.45, 2.75) is 258 Å². The van der Waals surface area contributed by atoms with E-state index in [-0.39, 0.29) is 44.0 Å². The van der Waals surface area contributed by atoms with E-state index in [1.54, 1.807) is 0 Å². The van der Waals surface area contributed by atoms with E-state index in [0.717, 1.165) is 103 Å². The smallest absolute Gasteiger partial charge is 0.306 e. The second-order valence-corrected chi connectivity index (χ2v) is 18.5. The fourth-order valence-corrected chi connectivity index (χ4v) is 7.41. The molecule has 0 fully saturated rings. The van der Waals surface area contributed by atoms with Gasteiger partial charge >= 0.3 is 17.9 Å². The van der Waals surface area contributed by atoms with Crippen LogP contribution < -0.4 is 0 Å².